The molecule has 0 saturated carbocycles. The van der Waals surface area contributed by atoms with Gasteiger partial charge in [0.15, 0.2) is 6.54 Å². The van der Waals surface area contributed by atoms with Gasteiger partial charge in [-0.25, -0.2) is 0 Å². The number of rotatable bonds is 9. The summed E-state index contributed by atoms with van der Waals surface area (Å²) in [7, 11) is 4.60. The van der Waals surface area contributed by atoms with Crippen LogP contribution in [0.5, 0.6) is 0 Å². The smallest absolute Gasteiger partial charge is 0.180 e. The van der Waals surface area contributed by atoms with E-state index in [1.54, 1.807) is 0 Å². The molecule has 0 aromatic heterocycles. The minimum atomic E-state index is -0.275. The van der Waals surface area contributed by atoms with Gasteiger partial charge in [0.2, 0.25) is 0 Å². The van der Waals surface area contributed by atoms with Crippen LogP contribution >= 0.6 is 0 Å². The summed E-state index contributed by atoms with van der Waals surface area (Å²) in [5.74, 6) is 0. The van der Waals surface area contributed by atoms with Gasteiger partial charge >= 0.3 is 0 Å². The summed E-state index contributed by atoms with van der Waals surface area (Å²) in [6.45, 7) is 2.73. The van der Waals surface area contributed by atoms with Crippen molar-refractivity contribution in [3.63, 3.8) is 0 Å². The van der Waals surface area contributed by atoms with Gasteiger partial charge in [-0.1, -0.05) is 0 Å². The lowest BCUT2D eigenvalue weighted by Crippen LogP contribution is -2.45. The van der Waals surface area contributed by atoms with Gasteiger partial charge in [-0.2, -0.15) is 0 Å². The lowest BCUT2D eigenvalue weighted by molar-refractivity contribution is -1.36. The van der Waals surface area contributed by atoms with Crippen molar-refractivity contribution >= 4 is 0 Å². The van der Waals surface area contributed by atoms with Gasteiger partial charge in [0, 0.05) is 6.42 Å². The SMILES string of the molecule is CO[N+](CCCOCC1CO1)(OC)OC. The van der Waals surface area contributed by atoms with Crippen molar-refractivity contribution in [1.82, 2.24) is 0 Å². The lowest BCUT2D eigenvalue weighted by Gasteiger charge is -2.24. The van der Waals surface area contributed by atoms with Crippen LogP contribution in [0.1, 0.15) is 6.42 Å². The van der Waals surface area contributed by atoms with Crippen LogP contribution in [0, 0.1) is 0 Å². The molecule has 6 heteroatoms. The molecule has 1 rings (SSSR count). The number of quaternary nitrogens is 1. The third-order valence-corrected chi connectivity index (χ3v) is 2.26. The fourth-order valence-corrected chi connectivity index (χ4v) is 1.24. The van der Waals surface area contributed by atoms with Crippen LogP contribution < -0.4 is 0 Å². The molecule has 1 heterocycles. The van der Waals surface area contributed by atoms with Crippen molar-refractivity contribution < 1.29 is 29.0 Å². The second-order valence-corrected chi connectivity index (χ2v) is 3.27. The van der Waals surface area contributed by atoms with E-state index in [-0.39, 0.29) is 4.97 Å². The van der Waals surface area contributed by atoms with Crippen molar-refractivity contribution in [2.75, 3.05) is 47.7 Å². The van der Waals surface area contributed by atoms with Crippen molar-refractivity contribution in [3.8, 4) is 0 Å². The fraction of sp³-hybridized carbons (Fsp3) is 1.00. The second kappa shape index (κ2) is 6.37. The van der Waals surface area contributed by atoms with Gasteiger partial charge in [-0.05, 0) is 0 Å². The Morgan fingerprint density at radius 3 is 2.27 bits per heavy atom. The van der Waals surface area contributed by atoms with Crippen LogP contribution in [-0.2, 0) is 24.0 Å². The first-order chi connectivity index (χ1) is 7.26. The molecule has 1 aliphatic heterocycles. The van der Waals surface area contributed by atoms with Gasteiger partial charge in [-0.3, -0.25) is 0 Å². The Morgan fingerprint density at radius 2 is 1.80 bits per heavy atom. The van der Waals surface area contributed by atoms with E-state index in [1.807, 2.05) is 0 Å². The summed E-state index contributed by atoms with van der Waals surface area (Å²) in [5, 5.41) is 0. The fourth-order valence-electron chi connectivity index (χ4n) is 1.24. The molecular formula is C9H20NO5+. The van der Waals surface area contributed by atoms with E-state index in [2.05, 4.69) is 0 Å². The van der Waals surface area contributed by atoms with Crippen molar-refractivity contribution in [1.29, 1.82) is 0 Å². The number of hydrogen-bond donors (Lipinski definition) is 0. The third-order valence-electron chi connectivity index (χ3n) is 2.26. The minimum absolute atomic E-state index is 0.275. The molecule has 1 atom stereocenters. The molecule has 90 valence electrons. The summed E-state index contributed by atoms with van der Waals surface area (Å²) >= 11 is 0. The van der Waals surface area contributed by atoms with Crippen LogP contribution in [0.2, 0.25) is 0 Å². The Balaban J connectivity index is 2.04. The maximum Gasteiger partial charge on any atom is 0.180 e. The van der Waals surface area contributed by atoms with Gasteiger partial charge in [0.05, 0.1) is 24.8 Å². The molecule has 0 bridgehead atoms. The number of hydrogen-bond acceptors (Lipinski definition) is 5. The van der Waals surface area contributed by atoms with Crippen LogP contribution in [-0.4, -0.2) is 58.8 Å². The van der Waals surface area contributed by atoms with Crippen LogP contribution in [0.3, 0.4) is 0 Å². The van der Waals surface area contributed by atoms with Crippen molar-refractivity contribution in [3.05, 3.63) is 0 Å². The van der Waals surface area contributed by atoms with E-state index in [9.17, 15) is 0 Å². The Labute approximate surface area is 90.1 Å². The Kier molecular flexibility index (Phi) is 5.44. The number of ether oxygens (including phenoxy) is 2. The average Bonchev–Trinajstić information content (AvgIpc) is 3.08. The molecule has 0 aromatic rings. The quantitative estimate of drug-likeness (QED) is 0.243. The topological polar surface area (TPSA) is 49.5 Å². The van der Waals surface area contributed by atoms with Gasteiger partial charge < -0.3 is 9.47 Å². The first-order valence-corrected chi connectivity index (χ1v) is 5.01. The van der Waals surface area contributed by atoms with Crippen LogP contribution in [0.4, 0.5) is 0 Å². The Morgan fingerprint density at radius 1 is 1.20 bits per heavy atom. The summed E-state index contributed by atoms with van der Waals surface area (Å²) in [6.07, 6.45) is 1.11. The molecule has 1 fully saturated rings. The molecule has 0 spiro atoms. The normalized spacial score (nSPS) is 20.6. The molecular weight excluding hydrogens is 202 g/mol. The Bertz CT molecular complexity index is 162. The molecule has 0 N–H and O–H groups in total. The zero-order chi connectivity index (χ0) is 11.1. The molecule has 0 aromatic carbocycles. The van der Waals surface area contributed by atoms with E-state index in [0.717, 1.165) is 13.0 Å². The molecule has 0 aliphatic carbocycles. The highest BCUT2D eigenvalue weighted by Crippen LogP contribution is 2.11. The molecule has 0 amide bonds. The number of epoxide rings is 1. The standard InChI is InChI=1S/C9H20NO5/c1-11-10(12-2,13-3)5-4-6-14-7-9-8-15-9/h9H,4-8H2,1-3H3/q+1. The molecule has 0 radical (unpaired) electrons. The highest BCUT2D eigenvalue weighted by Gasteiger charge is 2.30. The van der Waals surface area contributed by atoms with Crippen LogP contribution in [0.15, 0.2) is 0 Å². The maximum absolute atomic E-state index is 5.38. The first kappa shape index (κ1) is 12.8. The van der Waals surface area contributed by atoms with Crippen LogP contribution in [0.25, 0.3) is 0 Å². The van der Waals surface area contributed by atoms with Crippen molar-refractivity contribution in [2.45, 2.75) is 12.5 Å². The highest BCUT2D eigenvalue weighted by atomic mass is 17.2. The summed E-state index contributed by atoms with van der Waals surface area (Å²) < 4.78 is 10.4. The van der Waals surface area contributed by atoms with E-state index >= 15 is 0 Å². The predicted molar refractivity (Wildman–Crippen MR) is 51.3 cm³/mol. The zero-order valence-corrected chi connectivity index (χ0v) is 9.60. The number of hydroxylamine groups is 3. The van der Waals surface area contributed by atoms with E-state index in [1.165, 1.54) is 21.3 Å². The Hall–Kier alpha value is -0.240. The first-order valence-electron chi connectivity index (χ1n) is 5.01. The molecule has 1 saturated heterocycles. The van der Waals surface area contributed by atoms with Gasteiger partial charge in [0.25, 0.3) is 0 Å². The summed E-state index contributed by atoms with van der Waals surface area (Å²) in [5.41, 5.74) is 0. The third kappa shape index (κ3) is 4.42. The summed E-state index contributed by atoms with van der Waals surface area (Å²) in [6, 6.07) is 0. The van der Waals surface area contributed by atoms with Gasteiger partial charge in [-0.15, -0.1) is 14.5 Å². The maximum atomic E-state index is 5.38. The molecule has 1 unspecified atom stereocenters. The molecule has 6 nitrogen and oxygen atoms in total. The summed E-state index contributed by atoms with van der Waals surface area (Å²) in [4.78, 5) is 15.0. The zero-order valence-electron chi connectivity index (χ0n) is 9.60. The predicted octanol–water partition coefficient (Wildman–Crippen LogP) is 0.293. The molecule has 1 aliphatic rings. The minimum Gasteiger partial charge on any atom is -0.378 e. The highest BCUT2D eigenvalue weighted by molar-refractivity contribution is 4.66. The van der Waals surface area contributed by atoms with E-state index in [0.29, 0.717) is 25.9 Å². The average molecular weight is 222 g/mol. The number of nitrogens with zero attached hydrogens (tertiary/aromatic N) is 1. The molecule has 15 heavy (non-hydrogen) atoms. The lowest BCUT2D eigenvalue weighted by atomic mass is 10.4. The monoisotopic (exact) mass is 222 g/mol. The van der Waals surface area contributed by atoms with Gasteiger partial charge in [0.1, 0.15) is 27.4 Å². The largest absolute Gasteiger partial charge is 0.378 e. The van der Waals surface area contributed by atoms with E-state index < -0.39 is 0 Å². The van der Waals surface area contributed by atoms with E-state index in [4.69, 9.17) is 24.0 Å². The second-order valence-electron chi connectivity index (χ2n) is 3.27. The van der Waals surface area contributed by atoms with Crippen molar-refractivity contribution in [2.24, 2.45) is 0 Å².